The van der Waals surface area contributed by atoms with Crippen LogP contribution in [0.25, 0.3) is 0 Å². The van der Waals surface area contributed by atoms with Crippen LogP contribution in [0.2, 0.25) is 10.0 Å². The third-order valence-corrected chi connectivity index (χ3v) is 4.33. The average Bonchev–Trinajstić information content (AvgIpc) is 2.30. The molecule has 0 aliphatic carbocycles. The van der Waals surface area contributed by atoms with Gasteiger partial charge in [0, 0.05) is 11.8 Å². The number of benzene rings is 1. The second-order valence-electron chi connectivity index (χ2n) is 3.56. The molecule has 0 radical (unpaired) electrons. The molecule has 1 rings (SSSR count). The highest BCUT2D eigenvalue weighted by molar-refractivity contribution is 7.99. The number of nitrogens with one attached hydrogen (secondary N) is 1. The minimum absolute atomic E-state index is 0.445. The lowest BCUT2D eigenvalue weighted by molar-refractivity contribution is 0.617. The van der Waals surface area contributed by atoms with Gasteiger partial charge in [-0.25, -0.2) is 0 Å². The minimum Gasteiger partial charge on any atom is -0.316 e. The average molecular weight is 278 g/mol. The fourth-order valence-corrected chi connectivity index (χ4v) is 2.68. The van der Waals surface area contributed by atoms with Gasteiger partial charge in [0.1, 0.15) is 0 Å². The summed E-state index contributed by atoms with van der Waals surface area (Å²) < 4.78 is 0. The van der Waals surface area contributed by atoms with E-state index >= 15 is 0 Å². The molecular weight excluding hydrogens is 261 g/mol. The SMILES string of the molecule is CCSCC(Cc1cccc(Cl)c1Cl)NC. The Hall–Kier alpha value is 0.110. The van der Waals surface area contributed by atoms with Gasteiger partial charge in [-0.15, -0.1) is 0 Å². The Morgan fingerprint density at radius 3 is 2.75 bits per heavy atom. The molecule has 0 amide bonds. The monoisotopic (exact) mass is 277 g/mol. The van der Waals surface area contributed by atoms with Crippen LogP contribution in [-0.2, 0) is 6.42 Å². The second-order valence-corrected chi connectivity index (χ2v) is 5.67. The van der Waals surface area contributed by atoms with Crippen molar-refractivity contribution in [1.29, 1.82) is 0 Å². The van der Waals surface area contributed by atoms with Crippen LogP contribution in [0.3, 0.4) is 0 Å². The van der Waals surface area contributed by atoms with E-state index in [-0.39, 0.29) is 0 Å². The molecule has 0 aliphatic heterocycles. The molecule has 1 unspecified atom stereocenters. The Kier molecular flexibility index (Phi) is 6.59. The normalized spacial score (nSPS) is 12.8. The van der Waals surface area contributed by atoms with Gasteiger partial charge in [0.05, 0.1) is 10.0 Å². The second kappa shape index (κ2) is 7.44. The van der Waals surface area contributed by atoms with Crippen molar-refractivity contribution < 1.29 is 0 Å². The molecule has 0 spiro atoms. The van der Waals surface area contributed by atoms with Crippen LogP contribution in [-0.4, -0.2) is 24.6 Å². The Morgan fingerprint density at radius 2 is 2.12 bits per heavy atom. The molecule has 90 valence electrons. The molecule has 1 aromatic carbocycles. The standard InChI is InChI=1S/C12H17Cl2NS/c1-3-16-8-10(15-2)7-9-5-4-6-11(13)12(9)14/h4-6,10,15H,3,7-8H2,1-2H3. The van der Waals surface area contributed by atoms with Gasteiger partial charge in [-0.05, 0) is 30.9 Å². The lowest BCUT2D eigenvalue weighted by Crippen LogP contribution is -2.30. The molecule has 4 heteroatoms. The van der Waals surface area contributed by atoms with E-state index in [0.29, 0.717) is 16.1 Å². The number of rotatable bonds is 6. The van der Waals surface area contributed by atoms with Crippen LogP contribution in [0.15, 0.2) is 18.2 Å². The molecule has 0 aromatic heterocycles. The third-order valence-electron chi connectivity index (χ3n) is 2.43. The number of hydrogen-bond donors (Lipinski definition) is 1. The van der Waals surface area contributed by atoms with Gasteiger partial charge in [0.25, 0.3) is 0 Å². The molecule has 0 aliphatic rings. The van der Waals surface area contributed by atoms with E-state index in [0.717, 1.165) is 23.5 Å². The number of thioether (sulfide) groups is 1. The number of hydrogen-bond acceptors (Lipinski definition) is 2. The van der Waals surface area contributed by atoms with Gasteiger partial charge in [-0.3, -0.25) is 0 Å². The summed E-state index contributed by atoms with van der Waals surface area (Å²) in [5.41, 5.74) is 1.12. The van der Waals surface area contributed by atoms with Crippen LogP contribution in [0.1, 0.15) is 12.5 Å². The molecule has 1 nitrogen and oxygen atoms in total. The molecular formula is C12H17Cl2NS. The third kappa shape index (κ3) is 4.17. The summed E-state index contributed by atoms with van der Waals surface area (Å²) in [4.78, 5) is 0. The predicted molar refractivity (Wildman–Crippen MR) is 76.0 cm³/mol. The minimum atomic E-state index is 0.445. The molecule has 16 heavy (non-hydrogen) atoms. The molecule has 0 bridgehead atoms. The Bertz CT molecular complexity index is 331. The number of likely N-dealkylation sites (N-methyl/N-ethyl adjacent to an activating group) is 1. The largest absolute Gasteiger partial charge is 0.316 e. The first-order chi connectivity index (χ1) is 7.69. The quantitative estimate of drug-likeness (QED) is 0.847. The first-order valence-electron chi connectivity index (χ1n) is 5.37. The fourth-order valence-electron chi connectivity index (χ4n) is 1.48. The van der Waals surface area contributed by atoms with Crippen LogP contribution in [0.4, 0.5) is 0 Å². The van der Waals surface area contributed by atoms with E-state index in [1.54, 1.807) is 0 Å². The highest BCUT2D eigenvalue weighted by Gasteiger charge is 2.11. The van der Waals surface area contributed by atoms with Gasteiger partial charge in [0.15, 0.2) is 0 Å². The zero-order valence-electron chi connectivity index (χ0n) is 9.59. The smallest absolute Gasteiger partial charge is 0.0624 e. The molecule has 1 atom stereocenters. The Morgan fingerprint density at radius 1 is 1.38 bits per heavy atom. The molecule has 0 saturated carbocycles. The fraction of sp³-hybridized carbons (Fsp3) is 0.500. The molecule has 1 N–H and O–H groups in total. The van der Waals surface area contributed by atoms with Crippen molar-refractivity contribution in [2.75, 3.05) is 18.6 Å². The molecule has 0 heterocycles. The van der Waals surface area contributed by atoms with Crippen molar-refractivity contribution >= 4 is 35.0 Å². The summed E-state index contributed by atoms with van der Waals surface area (Å²) in [6.45, 7) is 2.17. The summed E-state index contributed by atoms with van der Waals surface area (Å²) in [5, 5.41) is 4.63. The van der Waals surface area contributed by atoms with Crippen molar-refractivity contribution in [2.45, 2.75) is 19.4 Å². The van der Waals surface area contributed by atoms with Gasteiger partial charge in [0.2, 0.25) is 0 Å². The van der Waals surface area contributed by atoms with E-state index in [1.165, 1.54) is 0 Å². The van der Waals surface area contributed by atoms with Crippen molar-refractivity contribution in [3.8, 4) is 0 Å². The highest BCUT2D eigenvalue weighted by atomic mass is 35.5. The molecule has 0 saturated heterocycles. The van der Waals surface area contributed by atoms with Crippen LogP contribution in [0.5, 0.6) is 0 Å². The van der Waals surface area contributed by atoms with E-state index in [2.05, 4.69) is 12.2 Å². The summed E-state index contributed by atoms with van der Waals surface area (Å²) in [7, 11) is 1.99. The summed E-state index contributed by atoms with van der Waals surface area (Å²) in [5.74, 6) is 2.23. The predicted octanol–water partition coefficient (Wildman–Crippen LogP) is 3.88. The van der Waals surface area contributed by atoms with Crippen molar-refractivity contribution in [1.82, 2.24) is 5.32 Å². The van der Waals surface area contributed by atoms with Gasteiger partial charge in [-0.1, -0.05) is 42.3 Å². The Labute approximate surface area is 112 Å². The van der Waals surface area contributed by atoms with Crippen LogP contribution < -0.4 is 5.32 Å². The lowest BCUT2D eigenvalue weighted by Gasteiger charge is -2.16. The van der Waals surface area contributed by atoms with Gasteiger partial charge >= 0.3 is 0 Å². The Balaban J connectivity index is 2.66. The molecule has 0 fully saturated rings. The van der Waals surface area contributed by atoms with Gasteiger partial charge in [-0.2, -0.15) is 11.8 Å². The maximum atomic E-state index is 6.16. The van der Waals surface area contributed by atoms with E-state index < -0.39 is 0 Å². The summed E-state index contributed by atoms with van der Waals surface area (Å²) in [6.07, 6.45) is 0.920. The van der Waals surface area contributed by atoms with E-state index in [4.69, 9.17) is 23.2 Å². The van der Waals surface area contributed by atoms with Crippen LogP contribution in [0, 0.1) is 0 Å². The highest BCUT2D eigenvalue weighted by Crippen LogP contribution is 2.26. The van der Waals surface area contributed by atoms with Crippen molar-refractivity contribution in [3.05, 3.63) is 33.8 Å². The first-order valence-corrected chi connectivity index (χ1v) is 7.28. The van der Waals surface area contributed by atoms with Crippen molar-refractivity contribution in [3.63, 3.8) is 0 Å². The first kappa shape index (κ1) is 14.2. The summed E-state index contributed by atoms with van der Waals surface area (Å²) in [6, 6.07) is 6.25. The van der Waals surface area contributed by atoms with Gasteiger partial charge < -0.3 is 5.32 Å². The summed E-state index contributed by atoms with van der Waals surface area (Å²) >= 11 is 14.1. The maximum absolute atomic E-state index is 6.16. The van der Waals surface area contributed by atoms with E-state index in [9.17, 15) is 0 Å². The topological polar surface area (TPSA) is 12.0 Å². The van der Waals surface area contributed by atoms with Crippen LogP contribution >= 0.6 is 35.0 Å². The number of halogens is 2. The molecule has 1 aromatic rings. The van der Waals surface area contributed by atoms with E-state index in [1.807, 2.05) is 37.0 Å². The zero-order valence-corrected chi connectivity index (χ0v) is 11.9. The van der Waals surface area contributed by atoms with Crippen molar-refractivity contribution in [2.24, 2.45) is 0 Å². The zero-order chi connectivity index (χ0) is 12.0. The maximum Gasteiger partial charge on any atom is 0.0624 e. The lowest BCUT2D eigenvalue weighted by atomic mass is 10.1.